The van der Waals surface area contributed by atoms with Crippen LogP contribution in [-0.4, -0.2) is 40.4 Å². The topological polar surface area (TPSA) is 116 Å². The van der Waals surface area contributed by atoms with E-state index in [1.54, 1.807) is 12.1 Å². The van der Waals surface area contributed by atoms with Crippen molar-refractivity contribution < 1.29 is 20.1 Å². The number of hydrogen-bond donors (Lipinski definition) is 5. The molecule has 0 aliphatic heterocycles. The predicted molar refractivity (Wildman–Crippen MR) is 112 cm³/mol. The van der Waals surface area contributed by atoms with Gasteiger partial charge in [-0.1, -0.05) is 24.3 Å². The van der Waals surface area contributed by atoms with Crippen molar-refractivity contribution in [3.05, 3.63) is 64.2 Å². The van der Waals surface area contributed by atoms with Gasteiger partial charge in [0.2, 0.25) is 5.91 Å². The summed E-state index contributed by atoms with van der Waals surface area (Å²) >= 11 is 0. The van der Waals surface area contributed by atoms with Gasteiger partial charge in [0.05, 0.1) is 12.5 Å². The van der Waals surface area contributed by atoms with Gasteiger partial charge in [-0.15, -0.1) is 0 Å². The third kappa shape index (κ3) is 5.79. The number of rotatable bonds is 9. The molecule has 6 N–H and O–H groups in total. The molecule has 6 nitrogen and oxygen atoms in total. The first-order valence-electron chi connectivity index (χ1n) is 10.2. The van der Waals surface area contributed by atoms with Crippen LogP contribution in [0.5, 0.6) is 5.75 Å². The van der Waals surface area contributed by atoms with Crippen LogP contribution in [0.1, 0.15) is 46.8 Å². The number of amides is 1. The standard InChI is InChI=1S/C23H30N2O4/c24-23(29)13-19-11-17(6-8-21(19)27)22(28)14-25-20-7-5-16-4-3-15(2-1-9-26)10-18(16)12-20/h3-4,6,8,10-11,20,22,25-28H,1-2,5,7,9,12-14H2,(H2,24,29)/t20-,22?/m0/s1. The lowest BCUT2D eigenvalue weighted by molar-refractivity contribution is -0.117. The number of fused-ring (bicyclic) bond motifs is 1. The van der Waals surface area contributed by atoms with Crippen LogP contribution in [0.2, 0.25) is 0 Å². The molecule has 2 aromatic rings. The molecule has 0 spiro atoms. The third-order valence-electron chi connectivity index (χ3n) is 5.58. The molecule has 0 aromatic heterocycles. The molecule has 0 heterocycles. The van der Waals surface area contributed by atoms with E-state index in [1.165, 1.54) is 22.8 Å². The molecule has 0 radical (unpaired) electrons. The average Bonchev–Trinajstić information content (AvgIpc) is 2.71. The Morgan fingerprint density at radius 1 is 1.21 bits per heavy atom. The molecule has 3 rings (SSSR count). The molecule has 1 amide bonds. The predicted octanol–water partition coefficient (Wildman–Crippen LogP) is 1.53. The molecule has 2 aromatic carbocycles. The van der Waals surface area contributed by atoms with E-state index in [0.29, 0.717) is 17.7 Å². The molecule has 156 valence electrons. The molecule has 0 saturated carbocycles. The molecular formula is C23H30N2O4. The van der Waals surface area contributed by atoms with Crippen molar-refractivity contribution in [1.82, 2.24) is 5.32 Å². The van der Waals surface area contributed by atoms with Crippen molar-refractivity contribution in [3.63, 3.8) is 0 Å². The highest BCUT2D eigenvalue weighted by molar-refractivity contribution is 5.77. The lowest BCUT2D eigenvalue weighted by atomic mass is 9.86. The zero-order valence-electron chi connectivity index (χ0n) is 16.6. The summed E-state index contributed by atoms with van der Waals surface area (Å²) in [7, 11) is 0. The Morgan fingerprint density at radius 2 is 2.03 bits per heavy atom. The number of aromatic hydroxyl groups is 1. The summed E-state index contributed by atoms with van der Waals surface area (Å²) in [4.78, 5) is 11.1. The Bertz CT molecular complexity index is 853. The molecule has 29 heavy (non-hydrogen) atoms. The molecular weight excluding hydrogens is 368 g/mol. The fourth-order valence-corrected chi connectivity index (χ4v) is 3.96. The van der Waals surface area contributed by atoms with Crippen LogP contribution in [0, 0.1) is 0 Å². The molecule has 1 aliphatic rings. The van der Waals surface area contributed by atoms with Gasteiger partial charge in [0.15, 0.2) is 0 Å². The van der Waals surface area contributed by atoms with E-state index >= 15 is 0 Å². The number of carbonyl (C=O) groups excluding carboxylic acids is 1. The van der Waals surface area contributed by atoms with Crippen molar-refractivity contribution in [2.24, 2.45) is 5.73 Å². The van der Waals surface area contributed by atoms with Gasteiger partial charge < -0.3 is 26.4 Å². The van der Waals surface area contributed by atoms with Crippen LogP contribution in [0.4, 0.5) is 0 Å². The number of primary amides is 1. The number of aliphatic hydroxyl groups is 2. The lowest BCUT2D eigenvalue weighted by Gasteiger charge is -2.27. The van der Waals surface area contributed by atoms with Crippen LogP contribution >= 0.6 is 0 Å². The van der Waals surface area contributed by atoms with E-state index in [1.807, 2.05) is 0 Å². The summed E-state index contributed by atoms with van der Waals surface area (Å²) in [6, 6.07) is 11.7. The van der Waals surface area contributed by atoms with Gasteiger partial charge in [0.25, 0.3) is 0 Å². The summed E-state index contributed by atoms with van der Waals surface area (Å²) in [6.45, 7) is 0.600. The number of phenolic OH excluding ortho intramolecular Hbond substituents is 1. The number of carbonyl (C=O) groups is 1. The van der Waals surface area contributed by atoms with Crippen molar-refractivity contribution in [2.45, 2.75) is 50.7 Å². The number of nitrogens with one attached hydrogen (secondary N) is 1. The maximum atomic E-state index is 11.1. The van der Waals surface area contributed by atoms with Crippen molar-refractivity contribution >= 4 is 5.91 Å². The van der Waals surface area contributed by atoms with E-state index < -0.39 is 12.0 Å². The quantitative estimate of drug-likeness (QED) is 0.439. The van der Waals surface area contributed by atoms with Gasteiger partial charge in [-0.05, 0) is 66.5 Å². The minimum atomic E-state index is -0.737. The van der Waals surface area contributed by atoms with E-state index in [9.17, 15) is 15.0 Å². The van der Waals surface area contributed by atoms with E-state index in [2.05, 4.69) is 23.5 Å². The molecule has 1 aliphatic carbocycles. The van der Waals surface area contributed by atoms with Crippen molar-refractivity contribution in [1.29, 1.82) is 0 Å². The zero-order chi connectivity index (χ0) is 20.8. The third-order valence-corrected chi connectivity index (χ3v) is 5.58. The van der Waals surface area contributed by atoms with E-state index in [-0.39, 0.29) is 24.8 Å². The maximum Gasteiger partial charge on any atom is 0.221 e. The molecule has 1 unspecified atom stereocenters. The SMILES string of the molecule is NC(=O)Cc1cc(C(O)CN[C@H]2CCc3ccc(CCCO)cc3C2)ccc1O. The first-order valence-corrected chi connectivity index (χ1v) is 10.2. The Labute approximate surface area is 171 Å². The van der Waals surface area contributed by atoms with Gasteiger partial charge in [-0.2, -0.15) is 0 Å². The number of benzene rings is 2. The highest BCUT2D eigenvalue weighted by Gasteiger charge is 2.20. The van der Waals surface area contributed by atoms with E-state index in [4.69, 9.17) is 10.8 Å². The van der Waals surface area contributed by atoms with Gasteiger partial charge in [-0.25, -0.2) is 0 Å². The van der Waals surface area contributed by atoms with Crippen LogP contribution in [0.15, 0.2) is 36.4 Å². The van der Waals surface area contributed by atoms with Crippen molar-refractivity contribution in [3.8, 4) is 5.75 Å². The number of aryl methyl sites for hydroxylation is 2. The molecule has 2 atom stereocenters. The maximum absolute atomic E-state index is 11.1. The summed E-state index contributed by atoms with van der Waals surface area (Å²) in [5.41, 5.74) is 10.3. The first-order chi connectivity index (χ1) is 14.0. The average molecular weight is 399 g/mol. The van der Waals surface area contributed by atoms with Gasteiger partial charge in [0.1, 0.15) is 5.75 Å². The second-order valence-electron chi connectivity index (χ2n) is 7.83. The van der Waals surface area contributed by atoms with Gasteiger partial charge in [-0.3, -0.25) is 4.79 Å². The smallest absolute Gasteiger partial charge is 0.221 e. The lowest BCUT2D eigenvalue weighted by Crippen LogP contribution is -2.37. The van der Waals surface area contributed by atoms with E-state index in [0.717, 1.165) is 32.1 Å². The Hall–Kier alpha value is -2.41. The number of phenols is 1. The van der Waals surface area contributed by atoms with Crippen LogP contribution < -0.4 is 11.1 Å². The minimum Gasteiger partial charge on any atom is -0.508 e. The highest BCUT2D eigenvalue weighted by Crippen LogP contribution is 2.25. The van der Waals surface area contributed by atoms with Crippen LogP contribution in [0.3, 0.4) is 0 Å². The second-order valence-corrected chi connectivity index (χ2v) is 7.83. The summed E-state index contributed by atoms with van der Waals surface area (Å²) in [6.07, 6.45) is 3.80. The number of nitrogens with two attached hydrogens (primary N) is 1. The van der Waals surface area contributed by atoms with Crippen LogP contribution in [-0.2, 0) is 30.5 Å². The minimum absolute atomic E-state index is 0.00796. The Kier molecular flexibility index (Phi) is 7.25. The molecule has 0 saturated heterocycles. The van der Waals surface area contributed by atoms with Crippen molar-refractivity contribution in [2.75, 3.05) is 13.2 Å². The van der Waals surface area contributed by atoms with Gasteiger partial charge in [0, 0.05) is 24.8 Å². The fourth-order valence-electron chi connectivity index (χ4n) is 3.96. The molecule has 6 heteroatoms. The van der Waals surface area contributed by atoms with Gasteiger partial charge >= 0.3 is 0 Å². The number of hydrogen-bond acceptors (Lipinski definition) is 5. The highest BCUT2D eigenvalue weighted by atomic mass is 16.3. The largest absolute Gasteiger partial charge is 0.508 e. The molecule has 0 bridgehead atoms. The summed E-state index contributed by atoms with van der Waals surface area (Å²) in [5.74, 6) is -0.516. The fraction of sp³-hybridized carbons (Fsp3) is 0.435. The Morgan fingerprint density at radius 3 is 2.79 bits per heavy atom. The molecule has 0 fully saturated rings. The summed E-state index contributed by atoms with van der Waals surface area (Å²) < 4.78 is 0. The summed E-state index contributed by atoms with van der Waals surface area (Å²) in [5, 5.41) is 32.9. The normalized spacial score (nSPS) is 17.0. The second kappa shape index (κ2) is 9.87. The number of aliphatic hydroxyl groups excluding tert-OH is 2. The monoisotopic (exact) mass is 398 g/mol. The first kappa shape index (κ1) is 21.3. The van der Waals surface area contributed by atoms with Crippen LogP contribution in [0.25, 0.3) is 0 Å². The Balaban J connectivity index is 1.58. The zero-order valence-corrected chi connectivity index (χ0v) is 16.6.